The highest BCUT2D eigenvalue weighted by Crippen LogP contribution is 2.35. The zero-order valence-corrected chi connectivity index (χ0v) is 12.6. The van der Waals surface area contributed by atoms with Crippen LogP contribution in [0.3, 0.4) is 0 Å². The summed E-state index contributed by atoms with van der Waals surface area (Å²) in [6.07, 6.45) is 8.38. The minimum Gasteiger partial charge on any atom is -0.316 e. The highest BCUT2D eigenvalue weighted by molar-refractivity contribution is 5.25. The Morgan fingerprint density at radius 3 is 2.42 bits per heavy atom. The van der Waals surface area contributed by atoms with Crippen LogP contribution in [0, 0.1) is 12.8 Å². The zero-order chi connectivity index (χ0) is 13.5. The van der Waals surface area contributed by atoms with Crippen LogP contribution < -0.4 is 5.32 Å². The van der Waals surface area contributed by atoms with Crippen molar-refractivity contribution in [2.75, 3.05) is 13.1 Å². The molecule has 0 bridgehead atoms. The minimum atomic E-state index is 0.715. The smallest absolute Gasteiger partial charge is 0.00228 e. The van der Waals surface area contributed by atoms with Gasteiger partial charge in [-0.2, -0.15) is 0 Å². The van der Waals surface area contributed by atoms with Crippen LogP contribution >= 0.6 is 0 Å². The first-order chi connectivity index (χ1) is 9.31. The van der Waals surface area contributed by atoms with Gasteiger partial charge in [0.1, 0.15) is 0 Å². The summed E-state index contributed by atoms with van der Waals surface area (Å²) in [6, 6.07) is 9.24. The number of nitrogens with one attached hydrogen (secondary N) is 1. The molecule has 19 heavy (non-hydrogen) atoms. The van der Waals surface area contributed by atoms with Gasteiger partial charge in [-0.05, 0) is 50.1 Å². The lowest BCUT2D eigenvalue weighted by Gasteiger charge is -2.31. The number of aryl methyl sites for hydroxylation is 1. The summed E-state index contributed by atoms with van der Waals surface area (Å²) < 4.78 is 0. The van der Waals surface area contributed by atoms with Gasteiger partial charge in [-0.25, -0.2) is 0 Å². The second kappa shape index (κ2) is 7.69. The third-order valence-corrected chi connectivity index (χ3v) is 4.52. The normalized spacial score (nSPS) is 18.4. The van der Waals surface area contributed by atoms with Gasteiger partial charge >= 0.3 is 0 Å². The number of hydrogen-bond donors (Lipinski definition) is 1. The van der Waals surface area contributed by atoms with Gasteiger partial charge < -0.3 is 5.32 Å². The van der Waals surface area contributed by atoms with Crippen LogP contribution in [-0.4, -0.2) is 13.1 Å². The Bertz CT molecular complexity index is 348. The molecule has 1 aliphatic carbocycles. The Kier molecular flexibility index (Phi) is 5.91. The summed E-state index contributed by atoms with van der Waals surface area (Å²) in [7, 11) is 0. The van der Waals surface area contributed by atoms with E-state index in [0.29, 0.717) is 5.92 Å². The van der Waals surface area contributed by atoms with Gasteiger partial charge in [0, 0.05) is 6.54 Å². The Morgan fingerprint density at radius 2 is 1.79 bits per heavy atom. The molecule has 1 N–H and O–H groups in total. The van der Waals surface area contributed by atoms with Crippen molar-refractivity contribution in [3.63, 3.8) is 0 Å². The van der Waals surface area contributed by atoms with E-state index in [1.165, 1.54) is 44.1 Å². The summed E-state index contributed by atoms with van der Waals surface area (Å²) in [6.45, 7) is 6.72. The number of rotatable bonds is 6. The maximum Gasteiger partial charge on any atom is 0.00228 e. The van der Waals surface area contributed by atoms with Gasteiger partial charge in [0.25, 0.3) is 0 Å². The van der Waals surface area contributed by atoms with Gasteiger partial charge in [-0.15, -0.1) is 0 Å². The molecule has 1 aromatic carbocycles. The molecule has 0 radical (unpaired) electrons. The molecule has 1 heteroatoms. The Balaban J connectivity index is 2.05. The van der Waals surface area contributed by atoms with Crippen LogP contribution in [0.5, 0.6) is 0 Å². The Hall–Kier alpha value is -0.820. The second-order valence-corrected chi connectivity index (χ2v) is 6.12. The molecule has 1 aromatic rings. The van der Waals surface area contributed by atoms with Crippen LogP contribution in [-0.2, 0) is 0 Å². The van der Waals surface area contributed by atoms with Crippen molar-refractivity contribution in [1.82, 2.24) is 5.32 Å². The molecule has 1 aliphatic rings. The van der Waals surface area contributed by atoms with Crippen LogP contribution in [0.25, 0.3) is 0 Å². The molecule has 0 aromatic heterocycles. The molecular formula is C18H29N. The third kappa shape index (κ3) is 4.35. The van der Waals surface area contributed by atoms with Gasteiger partial charge in [0.15, 0.2) is 0 Å². The third-order valence-electron chi connectivity index (χ3n) is 4.52. The molecule has 106 valence electrons. The quantitative estimate of drug-likeness (QED) is 0.733. The molecule has 1 nitrogen and oxygen atoms in total. The van der Waals surface area contributed by atoms with Crippen LogP contribution in [0.2, 0.25) is 0 Å². The molecule has 1 saturated carbocycles. The summed E-state index contributed by atoms with van der Waals surface area (Å²) in [5.74, 6) is 1.60. The van der Waals surface area contributed by atoms with Crippen molar-refractivity contribution in [1.29, 1.82) is 0 Å². The van der Waals surface area contributed by atoms with Gasteiger partial charge in [0.2, 0.25) is 0 Å². The fourth-order valence-electron chi connectivity index (χ4n) is 3.34. The van der Waals surface area contributed by atoms with Crippen molar-refractivity contribution in [2.45, 2.75) is 58.3 Å². The van der Waals surface area contributed by atoms with E-state index in [4.69, 9.17) is 0 Å². The average Bonchev–Trinajstić information content (AvgIpc) is 2.46. The predicted molar refractivity (Wildman–Crippen MR) is 83.7 cm³/mol. The van der Waals surface area contributed by atoms with Crippen molar-refractivity contribution < 1.29 is 0 Å². The largest absolute Gasteiger partial charge is 0.316 e. The summed E-state index contributed by atoms with van der Waals surface area (Å²) in [5, 5.41) is 3.65. The van der Waals surface area contributed by atoms with E-state index < -0.39 is 0 Å². The maximum atomic E-state index is 3.65. The van der Waals surface area contributed by atoms with Crippen molar-refractivity contribution in [2.24, 2.45) is 5.92 Å². The molecule has 0 aliphatic heterocycles. The Labute approximate surface area is 118 Å². The van der Waals surface area contributed by atoms with Crippen LogP contribution in [0.15, 0.2) is 24.3 Å². The maximum absolute atomic E-state index is 3.65. The molecule has 0 saturated heterocycles. The molecule has 1 atom stereocenters. The Morgan fingerprint density at radius 1 is 1.11 bits per heavy atom. The first-order valence-electron chi connectivity index (χ1n) is 8.08. The van der Waals surface area contributed by atoms with E-state index in [-0.39, 0.29) is 0 Å². The highest BCUT2D eigenvalue weighted by Gasteiger charge is 2.24. The molecule has 2 rings (SSSR count). The summed E-state index contributed by atoms with van der Waals surface area (Å²) >= 11 is 0. The second-order valence-electron chi connectivity index (χ2n) is 6.12. The number of hydrogen-bond acceptors (Lipinski definition) is 1. The lowest BCUT2D eigenvalue weighted by molar-refractivity contribution is 0.297. The van der Waals surface area contributed by atoms with E-state index >= 15 is 0 Å². The van der Waals surface area contributed by atoms with Crippen LogP contribution in [0.4, 0.5) is 0 Å². The zero-order valence-electron chi connectivity index (χ0n) is 12.6. The molecule has 1 fully saturated rings. The fraction of sp³-hybridized carbons (Fsp3) is 0.667. The van der Waals surface area contributed by atoms with Crippen molar-refractivity contribution in [3.8, 4) is 0 Å². The predicted octanol–water partition coefficient (Wildman–Crippen LogP) is 4.66. The lowest BCUT2D eigenvalue weighted by Crippen LogP contribution is -2.28. The molecule has 0 heterocycles. The first kappa shape index (κ1) is 14.6. The van der Waals surface area contributed by atoms with E-state index in [1.807, 2.05) is 0 Å². The van der Waals surface area contributed by atoms with Gasteiger partial charge in [0.05, 0.1) is 0 Å². The summed E-state index contributed by atoms with van der Waals surface area (Å²) in [5.41, 5.74) is 2.91. The monoisotopic (exact) mass is 259 g/mol. The van der Waals surface area contributed by atoms with Gasteiger partial charge in [-0.1, -0.05) is 56.0 Å². The molecule has 1 unspecified atom stereocenters. The highest BCUT2D eigenvalue weighted by atomic mass is 14.9. The van der Waals surface area contributed by atoms with E-state index in [9.17, 15) is 0 Å². The first-order valence-corrected chi connectivity index (χ1v) is 8.08. The lowest BCUT2D eigenvalue weighted by atomic mass is 9.76. The molecule has 0 spiro atoms. The van der Waals surface area contributed by atoms with Crippen molar-refractivity contribution >= 4 is 0 Å². The SMILES string of the molecule is CCCNCC(c1ccc(C)cc1)C1CCCCC1. The fourth-order valence-corrected chi connectivity index (χ4v) is 3.34. The summed E-state index contributed by atoms with van der Waals surface area (Å²) in [4.78, 5) is 0. The average molecular weight is 259 g/mol. The van der Waals surface area contributed by atoms with E-state index in [0.717, 1.165) is 19.0 Å². The minimum absolute atomic E-state index is 0.715. The van der Waals surface area contributed by atoms with Crippen molar-refractivity contribution in [3.05, 3.63) is 35.4 Å². The standard InChI is InChI=1S/C18H29N/c1-3-13-19-14-18(16-7-5-4-6-8-16)17-11-9-15(2)10-12-17/h9-12,16,18-19H,3-8,13-14H2,1-2H3. The number of benzene rings is 1. The van der Waals surface area contributed by atoms with Gasteiger partial charge in [-0.3, -0.25) is 0 Å². The molecule has 0 amide bonds. The van der Waals surface area contributed by atoms with E-state index in [2.05, 4.69) is 43.4 Å². The van der Waals surface area contributed by atoms with E-state index in [1.54, 1.807) is 5.56 Å². The molecular weight excluding hydrogens is 230 g/mol. The van der Waals surface area contributed by atoms with Crippen LogP contribution in [0.1, 0.15) is 62.5 Å². The topological polar surface area (TPSA) is 12.0 Å².